The molecule has 4 aromatic rings. The molecule has 0 aliphatic rings. The third-order valence-corrected chi connectivity index (χ3v) is 6.12. The number of aromatic amines is 1. The Morgan fingerprint density at radius 1 is 1.06 bits per heavy atom. The summed E-state index contributed by atoms with van der Waals surface area (Å²) < 4.78 is 0. The fourth-order valence-electron chi connectivity index (χ4n) is 3.47. The van der Waals surface area contributed by atoms with Crippen molar-refractivity contribution in [2.75, 3.05) is 6.54 Å². The Kier molecular flexibility index (Phi) is 7.10. The van der Waals surface area contributed by atoms with Crippen LogP contribution in [0.2, 0.25) is 0 Å². The van der Waals surface area contributed by atoms with Gasteiger partial charge in [-0.3, -0.25) is 4.79 Å². The number of rotatable bonds is 10. The number of hydrogen-bond donors (Lipinski definition) is 3. The second-order valence-electron chi connectivity index (χ2n) is 8.80. The van der Waals surface area contributed by atoms with Crippen molar-refractivity contribution >= 4 is 28.3 Å². The summed E-state index contributed by atoms with van der Waals surface area (Å²) in [6, 6.07) is 14.6. The van der Waals surface area contributed by atoms with Crippen molar-refractivity contribution in [1.29, 1.82) is 0 Å². The predicted molar refractivity (Wildman–Crippen MR) is 128 cm³/mol. The molecule has 3 heterocycles. The lowest BCUT2D eigenvalue weighted by atomic mass is 10.1. The van der Waals surface area contributed by atoms with Crippen LogP contribution in [-0.4, -0.2) is 48.5 Å². The number of unbranched alkanes of at least 4 members (excludes halogenated alkanes) is 1. The van der Waals surface area contributed by atoms with Crippen LogP contribution in [0.3, 0.4) is 0 Å². The fourth-order valence-corrected chi connectivity index (χ4v) is 4.26. The summed E-state index contributed by atoms with van der Waals surface area (Å²) in [5, 5.41) is 31.4. The highest BCUT2D eigenvalue weighted by Gasteiger charge is 2.17. The molecular weight excluding hydrogens is 436 g/mol. The van der Waals surface area contributed by atoms with E-state index in [1.54, 1.807) is 13.8 Å². The number of carbonyl (C=O) groups excluding carboxylic acids is 1. The highest BCUT2D eigenvalue weighted by Crippen LogP contribution is 2.18. The number of carbonyl (C=O) groups is 1. The van der Waals surface area contributed by atoms with E-state index in [2.05, 4.69) is 55.0 Å². The summed E-state index contributed by atoms with van der Waals surface area (Å²) in [5.41, 5.74) is 3.21. The van der Waals surface area contributed by atoms with E-state index in [4.69, 9.17) is 0 Å². The Labute approximate surface area is 196 Å². The molecule has 0 aliphatic heterocycles. The van der Waals surface area contributed by atoms with Gasteiger partial charge in [-0.05, 0) is 50.8 Å². The van der Waals surface area contributed by atoms with Crippen LogP contribution in [0.5, 0.6) is 0 Å². The zero-order chi connectivity index (χ0) is 23.3. The molecule has 0 bridgehead atoms. The van der Waals surface area contributed by atoms with E-state index >= 15 is 0 Å². The number of aromatic nitrogens is 5. The third-order valence-electron chi connectivity index (χ3n) is 5.14. The van der Waals surface area contributed by atoms with Crippen molar-refractivity contribution in [1.82, 2.24) is 30.7 Å². The number of aryl methyl sites for hydroxylation is 2. The minimum absolute atomic E-state index is 0.168. The number of fused-ring (bicyclic) bond motifs is 1. The number of hydrogen-bond acceptors (Lipinski definition) is 7. The first-order chi connectivity index (χ1) is 15.9. The molecule has 1 aromatic carbocycles. The van der Waals surface area contributed by atoms with Gasteiger partial charge in [0.05, 0.1) is 11.3 Å². The number of H-pyrrole nitrogens is 1. The van der Waals surface area contributed by atoms with Crippen LogP contribution < -0.4 is 5.32 Å². The number of amides is 1. The highest BCUT2D eigenvalue weighted by atomic mass is 32.1. The van der Waals surface area contributed by atoms with Gasteiger partial charge in [0.1, 0.15) is 5.01 Å². The van der Waals surface area contributed by atoms with E-state index in [9.17, 15) is 9.90 Å². The Balaban J connectivity index is 1.25. The first-order valence-corrected chi connectivity index (χ1v) is 11.9. The Morgan fingerprint density at radius 3 is 2.64 bits per heavy atom. The van der Waals surface area contributed by atoms with Gasteiger partial charge in [0.2, 0.25) is 5.01 Å². The summed E-state index contributed by atoms with van der Waals surface area (Å²) in [6.45, 7) is 3.45. The Bertz CT molecular complexity index is 1210. The van der Waals surface area contributed by atoms with Crippen molar-refractivity contribution in [3.63, 3.8) is 0 Å². The summed E-state index contributed by atoms with van der Waals surface area (Å²) in [7, 11) is 0. The lowest BCUT2D eigenvalue weighted by Crippen LogP contribution is -2.38. The first-order valence-electron chi connectivity index (χ1n) is 11.1. The van der Waals surface area contributed by atoms with E-state index in [1.165, 1.54) is 16.9 Å². The molecule has 0 aliphatic carbocycles. The largest absolute Gasteiger partial charge is 0.389 e. The van der Waals surface area contributed by atoms with Gasteiger partial charge >= 0.3 is 0 Å². The van der Waals surface area contributed by atoms with Crippen molar-refractivity contribution in [3.05, 3.63) is 69.4 Å². The molecule has 0 saturated heterocycles. The zero-order valence-corrected chi connectivity index (χ0v) is 19.7. The zero-order valence-electron chi connectivity index (χ0n) is 18.8. The highest BCUT2D eigenvalue weighted by molar-refractivity contribution is 7.13. The summed E-state index contributed by atoms with van der Waals surface area (Å²) in [6.07, 6.45) is 4.30. The normalized spacial score (nSPS) is 11.7. The van der Waals surface area contributed by atoms with Gasteiger partial charge < -0.3 is 15.4 Å². The van der Waals surface area contributed by atoms with E-state index in [1.807, 2.05) is 18.2 Å². The van der Waals surface area contributed by atoms with Gasteiger partial charge in [0, 0.05) is 30.5 Å². The van der Waals surface area contributed by atoms with Crippen LogP contribution in [0.25, 0.3) is 11.0 Å². The number of nitrogens with one attached hydrogen (secondary N) is 2. The van der Waals surface area contributed by atoms with Crippen LogP contribution >= 0.6 is 11.3 Å². The number of benzene rings is 1. The molecule has 8 nitrogen and oxygen atoms in total. The van der Waals surface area contributed by atoms with E-state index < -0.39 is 5.60 Å². The average Bonchev–Trinajstić information content (AvgIpc) is 3.41. The van der Waals surface area contributed by atoms with Crippen LogP contribution in [0.15, 0.2) is 42.5 Å². The monoisotopic (exact) mass is 464 g/mol. The molecule has 0 radical (unpaired) electrons. The van der Waals surface area contributed by atoms with Gasteiger partial charge in [-0.2, -0.15) is 5.10 Å². The fraction of sp³-hybridized carbons (Fsp3) is 0.375. The number of nitrogens with zero attached hydrogens (tertiary/aromatic N) is 4. The van der Waals surface area contributed by atoms with Crippen LogP contribution in [0.1, 0.15) is 58.5 Å². The Hall–Kier alpha value is -3.17. The maximum atomic E-state index is 12.1. The molecule has 0 spiro atoms. The lowest BCUT2D eigenvalue weighted by molar-refractivity contribution is 0.0694. The molecule has 0 unspecified atom stereocenters. The molecule has 3 aromatic heterocycles. The third kappa shape index (κ3) is 6.66. The molecule has 0 saturated carbocycles. The molecule has 0 atom stereocenters. The minimum Gasteiger partial charge on any atom is -0.389 e. The minimum atomic E-state index is -0.959. The van der Waals surface area contributed by atoms with E-state index in [0.717, 1.165) is 59.5 Å². The SMILES string of the molecule is CC(C)(O)CNC(=O)c1nnc(CCCCc2cc3cc(Cc4ccccc4)[nH]c3nn2)s1. The smallest absolute Gasteiger partial charge is 0.282 e. The van der Waals surface area contributed by atoms with Gasteiger partial charge in [-0.25, -0.2) is 0 Å². The maximum Gasteiger partial charge on any atom is 0.282 e. The van der Waals surface area contributed by atoms with E-state index in [-0.39, 0.29) is 12.5 Å². The van der Waals surface area contributed by atoms with Crippen molar-refractivity contribution in [2.45, 2.75) is 51.6 Å². The topological polar surface area (TPSA) is 117 Å². The second-order valence-corrected chi connectivity index (χ2v) is 9.86. The van der Waals surface area contributed by atoms with Crippen LogP contribution in [-0.2, 0) is 19.3 Å². The van der Waals surface area contributed by atoms with Gasteiger partial charge in [0.25, 0.3) is 5.91 Å². The quantitative estimate of drug-likeness (QED) is 0.310. The summed E-state index contributed by atoms with van der Waals surface area (Å²) >= 11 is 1.30. The molecule has 3 N–H and O–H groups in total. The van der Waals surface area contributed by atoms with Crippen molar-refractivity contribution in [3.8, 4) is 0 Å². The van der Waals surface area contributed by atoms with E-state index in [0.29, 0.717) is 5.01 Å². The van der Waals surface area contributed by atoms with Crippen LogP contribution in [0.4, 0.5) is 0 Å². The van der Waals surface area contributed by atoms with Crippen molar-refractivity contribution in [2.24, 2.45) is 0 Å². The average molecular weight is 465 g/mol. The maximum absolute atomic E-state index is 12.1. The van der Waals surface area contributed by atoms with Crippen molar-refractivity contribution < 1.29 is 9.90 Å². The molecule has 172 valence electrons. The van der Waals surface area contributed by atoms with Gasteiger partial charge in [-0.1, -0.05) is 41.7 Å². The lowest BCUT2D eigenvalue weighted by Gasteiger charge is -2.16. The summed E-state index contributed by atoms with van der Waals surface area (Å²) in [4.78, 5) is 15.5. The molecule has 4 rings (SSSR count). The molecule has 0 fully saturated rings. The standard InChI is InChI=1S/C24H28N6O2S/c1-24(2,32)15-25-22(31)23-30-28-20(33-23)11-7-6-10-18-13-17-14-19(26-21(17)29-27-18)12-16-8-4-3-5-9-16/h3-5,8-9,13-14,32H,6-7,10-12,15H2,1-2H3,(H,25,31)(H,26,29). The summed E-state index contributed by atoms with van der Waals surface area (Å²) in [5.74, 6) is -0.303. The first kappa shape index (κ1) is 23.0. The van der Waals surface area contributed by atoms with Gasteiger partial charge in [-0.15, -0.1) is 15.3 Å². The molecule has 33 heavy (non-hydrogen) atoms. The predicted octanol–water partition coefficient (Wildman–Crippen LogP) is 3.47. The second kappa shape index (κ2) is 10.2. The molecular formula is C24H28N6O2S. The molecule has 1 amide bonds. The van der Waals surface area contributed by atoms with Gasteiger partial charge in [0.15, 0.2) is 5.65 Å². The Morgan fingerprint density at radius 2 is 1.85 bits per heavy atom. The van der Waals surface area contributed by atoms with Crippen LogP contribution in [0, 0.1) is 0 Å². The molecule has 9 heteroatoms. The number of aliphatic hydroxyl groups is 1.